The zero-order chi connectivity index (χ0) is 20.1. The molecule has 1 heterocycles. The molecule has 0 unspecified atom stereocenters. The maximum absolute atomic E-state index is 13.5. The predicted molar refractivity (Wildman–Crippen MR) is 102 cm³/mol. The van der Waals surface area contributed by atoms with Gasteiger partial charge in [-0.2, -0.15) is 0 Å². The number of esters is 1. The van der Waals surface area contributed by atoms with Gasteiger partial charge in [-0.1, -0.05) is 41.7 Å². The van der Waals surface area contributed by atoms with Gasteiger partial charge in [-0.05, 0) is 24.1 Å². The molecule has 2 aromatic carbocycles. The molecular formula is C20H16F2N2O3S. The van der Waals surface area contributed by atoms with Gasteiger partial charge in [0.1, 0.15) is 4.88 Å². The number of rotatable bonds is 5. The van der Waals surface area contributed by atoms with E-state index in [9.17, 15) is 18.4 Å². The molecule has 3 rings (SSSR count). The van der Waals surface area contributed by atoms with Crippen molar-refractivity contribution in [2.45, 2.75) is 13.0 Å². The maximum atomic E-state index is 13.5. The minimum Gasteiger partial charge on any atom is -0.465 e. The average Bonchev–Trinajstić information content (AvgIpc) is 2.70. The van der Waals surface area contributed by atoms with Gasteiger partial charge in [0.2, 0.25) is 0 Å². The number of methoxy groups -OCH3 is 1. The summed E-state index contributed by atoms with van der Waals surface area (Å²) in [6, 6.07) is 13.9. The summed E-state index contributed by atoms with van der Waals surface area (Å²) in [5.74, 6) is -2.71. The first-order chi connectivity index (χ1) is 13.5. The number of hydrogen-bond donors (Lipinski definition) is 0. The molecule has 0 aliphatic rings. The summed E-state index contributed by atoms with van der Waals surface area (Å²) in [6.45, 7) is 0.309. The van der Waals surface area contributed by atoms with Crippen molar-refractivity contribution in [2.75, 3.05) is 7.11 Å². The number of carbonyl (C=O) groups is 1. The number of hydrogen-bond acceptors (Lipinski definition) is 5. The lowest BCUT2D eigenvalue weighted by Crippen LogP contribution is -2.33. The fourth-order valence-electron chi connectivity index (χ4n) is 2.51. The minimum atomic E-state index is -1.05. The number of benzene rings is 2. The summed E-state index contributed by atoms with van der Waals surface area (Å²) in [5.41, 5.74) is 0.719. The Morgan fingerprint density at radius 3 is 2.54 bits per heavy atom. The Kier molecular flexibility index (Phi) is 6.10. The summed E-state index contributed by atoms with van der Waals surface area (Å²) in [6.07, 6.45) is 0.561. The van der Waals surface area contributed by atoms with Crippen molar-refractivity contribution < 1.29 is 18.3 Å². The molecule has 0 fully saturated rings. The highest BCUT2D eigenvalue weighted by Crippen LogP contribution is 2.16. The van der Waals surface area contributed by atoms with E-state index in [0.29, 0.717) is 13.0 Å². The molecule has 0 saturated carbocycles. The molecule has 0 saturated heterocycles. The molecule has 8 heteroatoms. The van der Waals surface area contributed by atoms with Gasteiger partial charge in [-0.3, -0.25) is 9.36 Å². The molecule has 0 radical (unpaired) electrons. The van der Waals surface area contributed by atoms with Gasteiger partial charge in [-0.25, -0.2) is 18.6 Å². The van der Waals surface area contributed by atoms with Crippen molar-refractivity contribution >= 4 is 23.0 Å². The fourth-order valence-corrected chi connectivity index (χ4v) is 3.47. The number of aryl methyl sites for hydroxylation is 1. The monoisotopic (exact) mass is 402 g/mol. The lowest BCUT2D eigenvalue weighted by molar-refractivity contribution is 0.0605. The van der Waals surface area contributed by atoms with Crippen LogP contribution in [-0.2, 0) is 17.7 Å². The highest BCUT2D eigenvalue weighted by molar-refractivity contribution is 7.11. The van der Waals surface area contributed by atoms with E-state index in [1.807, 2.05) is 30.3 Å². The van der Waals surface area contributed by atoms with Gasteiger partial charge in [0, 0.05) is 18.7 Å². The van der Waals surface area contributed by atoms with Gasteiger partial charge >= 0.3 is 5.97 Å². The Morgan fingerprint density at radius 1 is 1.11 bits per heavy atom. The number of halogens is 2. The third kappa shape index (κ3) is 4.58. The number of ether oxygens (including phenoxy) is 1. The fraction of sp³-hybridized carbons (Fsp3) is 0.150. The molecule has 0 N–H and O–H groups in total. The highest BCUT2D eigenvalue weighted by Gasteiger charge is 2.12. The molecule has 0 atom stereocenters. The van der Waals surface area contributed by atoms with Crippen LogP contribution in [0.15, 0.2) is 64.4 Å². The van der Waals surface area contributed by atoms with Crippen LogP contribution in [0.3, 0.4) is 0 Å². The molecular weight excluding hydrogens is 386 g/mol. The number of carbonyl (C=O) groups excluding carboxylic acids is 1. The molecule has 0 amide bonds. The zero-order valence-corrected chi connectivity index (χ0v) is 15.7. The van der Waals surface area contributed by atoms with E-state index in [-0.39, 0.29) is 15.4 Å². The van der Waals surface area contributed by atoms with Crippen molar-refractivity contribution in [2.24, 2.45) is 4.99 Å². The van der Waals surface area contributed by atoms with E-state index < -0.39 is 23.2 Å². The second-order valence-corrected chi connectivity index (χ2v) is 6.83. The second-order valence-electron chi connectivity index (χ2n) is 5.82. The molecule has 0 spiro atoms. The standard InChI is InChI=1S/C20H16F2N2O3S/c1-27-19(26)17-12-18(25)24(10-9-13-5-3-2-4-6-13)20(28-17)23-14-7-8-15(21)16(22)11-14/h2-8,11-12H,9-10H2,1H3. The first-order valence-electron chi connectivity index (χ1n) is 8.35. The largest absolute Gasteiger partial charge is 0.465 e. The third-order valence-electron chi connectivity index (χ3n) is 3.93. The summed E-state index contributed by atoms with van der Waals surface area (Å²) in [7, 11) is 1.21. The molecule has 5 nitrogen and oxygen atoms in total. The Morgan fingerprint density at radius 2 is 1.86 bits per heavy atom. The number of aromatic nitrogens is 1. The van der Waals surface area contributed by atoms with E-state index >= 15 is 0 Å². The Hall–Kier alpha value is -3.13. The van der Waals surface area contributed by atoms with Crippen molar-refractivity contribution in [3.63, 3.8) is 0 Å². The SMILES string of the molecule is COC(=O)c1cc(=O)n(CCc2ccccc2)c(=Nc2ccc(F)c(F)c2)s1. The predicted octanol–water partition coefficient (Wildman–Crippen LogP) is 3.45. The summed E-state index contributed by atoms with van der Waals surface area (Å²) < 4.78 is 32.8. The van der Waals surface area contributed by atoms with Gasteiger partial charge in [-0.15, -0.1) is 0 Å². The van der Waals surface area contributed by atoms with Crippen LogP contribution < -0.4 is 10.4 Å². The van der Waals surface area contributed by atoms with E-state index in [4.69, 9.17) is 0 Å². The van der Waals surface area contributed by atoms with E-state index in [2.05, 4.69) is 9.73 Å². The van der Waals surface area contributed by atoms with E-state index in [1.54, 1.807) is 0 Å². The summed E-state index contributed by atoms with van der Waals surface area (Å²) in [4.78, 5) is 29.0. The first kappa shape index (κ1) is 19.6. The Labute approximate surface area is 163 Å². The van der Waals surface area contributed by atoms with Crippen LogP contribution in [0.2, 0.25) is 0 Å². The maximum Gasteiger partial charge on any atom is 0.348 e. The molecule has 0 aliphatic carbocycles. The van der Waals surface area contributed by atoms with Crippen molar-refractivity contribution in [3.05, 3.63) is 91.8 Å². The molecule has 28 heavy (non-hydrogen) atoms. The van der Waals surface area contributed by atoms with Crippen molar-refractivity contribution in [1.29, 1.82) is 0 Å². The molecule has 0 aliphatic heterocycles. The lowest BCUT2D eigenvalue weighted by atomic mass is 10.1. The van der Waals surface area contributed by atoms with Crippen LogP contribution in [0.1, 0.15) is 15.2 Å². The van der Waals surface area contributed by atoms with Crippen LogP contribution >= 0.6 is 11.3 Å². The van der Waals surface area contributed by atoms with Crippen molar-refractivity contribution in [1.82, 2.24) is 4.57 Å². The van der Waals surface area contributed by atoms with E-state index in [0.717, 1.165) is 29.0 Å². The summed E-state index contributed by atoms with van der Waals surface area (Å²) in [5, 5.41) is 0. The van der Waals surface area contributed by atoms with Crippen LogP contribution in [0, 0.1) is 11.6 Å². The minimum absolute atomic E-state index is 0.0739. The quantitative estimate of drug-likeness (QED) is 0.614. The lowest BCUT2D eigenvalue weighted by Gasteiger charge is -2.08. The van der Waals surface area contributed by atoms with Crippen LogP contribution in [-0.4, -0.2) is 17.6 Å². The van der Waals surface area contributed by atoms with Gasteiger partial charge in [0.25, 0.3) is 5.56 Å². The van der Waals surface area contributed by atoms with Crippen LogP contribution in [0.25, 0.3) is 0 Å². The normalized spacial score (nSPS) is 11.5. The first-order valence-corrected chi connectivity index (χ1v) is 9.16. The highest BCUT2D eigenvalue weighted by atomic mass is 32.1. The van der Waals surface area contributed by atoms with Gasteiger partial charge in [0.05, 0.1) is 12.8 Å². The second kappa shape index (κ2) is 8.71. The number of nitrogens with zero attached hydrogens (tertiary/aromatic N) is 2. The molecule has 0 bridgehead atoms. The summed E-state index contributed by atoms with van der Waals surface area (Å²) >= 11 is 0.942. The van der Waals surface area contributed by atoms with Gasteiger partial charge < -0.3 is 4.74 Å². The third-order valence-corrected chi connectivity index (χ3v) is 4.93. The van der Waals surface area contributed by atoms with Crippen LogP contribution in [0.5, 0.6) is 0 Å². The van der Waals surface area contributed by atoms with E-state index in [1.165, 1.54) is 23.8 Å². The molecule has 144 valence electrons. The Balaban J connectivity index is 2.09. The average molecular weight is 402 g/mol. The smallest absolute Gasteiger partial charge is 0.348 e. The van der Waals surface area contributed by atoms with Gasteiger partial charge in [0.15, 0.2) is 16.4 Å². The topological polar surface area (TPSA) is 60.7 Å². The Bertz CT molecular complexity index is 1120. The zero-order valence-electron chi connectivity index (χ0n) is 14.9. The van der Waals surface area contributed by atoms with Crippen LogP contribution in [0.4, 0.5) is 14.5 Å². The van der Waals surface area contributed by atoms with Crippen molar-refractivity contribution in [3.8, 4) is 0 Å². The molecule has 3 aromatic rings. The molecule has 1 aromatic heterocycles.